The van der Waals surface area contributed by atoms with E-state index in [0.717, 1.165) is 11.3 Å². The number of nitrogens with zero attached hydrogens (tertiary/aromatic N) is 2. The van der Waals surface area contributed by atoms with Crippen molar-refractivity contribution >= 4 is 11.6 Å². The average Bonchev–Trinajstić information content (AvgIpc) is 2.74. The van der Waals surface area contributed by atoms with Gasteiger partial charge in [0, 0.05) is 23.4 Å². The molecule has 0 fully saturated rings. The third-order valence-electron chi connectivity index (χ3n) is 3.88. The van der Waals surface area contributed by atoms with Gasteiger partial charge in [-0.25, -0.2) is 0 Å². The van der Waals surface area contributed by atoms with Crippen molar-refractivity contribution in [1.82, 2.24) is 10.2 Å². The predicted octanol–water partition coefficient (Wildman–Crippen LogP) is 3.96. The maximum absolute atomic E-state index is 12.1. The highest BCUT2D eigenvalue weighted by Gasteiger charge is 2.06. The maximum Gasteiger partial charge on any atom is 0.262 e. The van der Waals surface area contributed by atoms with Gasteiger partial charge >= 0.3 is 0 Å². The molecule has 7 nitrogen and oxygen atoms in total. The van der Waals surface area contributed by atoms with Crippen LogP contribution in [0.1, 0.15) is 13.8 Å². The Hall–Kier alpha value is -3.61. The summed E-state index contributed by atoms with van der Waals surface area (Å²) in [6, 6.07) is 18.2. The summed E-state index contributed by atoms with van der Waals surface area (Å²) < 4.78 is 16.2. The van der Waals surface area contributed by atoms with E-state index in [1.54, 1.807) is 30.3 Å². The second kappa shape index (κ2) is 10.1. The van der Waals surface area contributed by atoms with Crippen molar-refractivity contribution < 1.29 is 19.0 Å². The maximum atomic E-state index is 12.1. The van der Waals surface area contributed by atoms with Crippen molar-refractivity contribution in [2.45, 2.75) is 13.8 Å². The van der Waals surface area contributed by atoms with Gasteiger partial charge in [-0.05, 0) is 44.2 Å². The zero-order chi connectivity index (χ0) is 20.5. The summed E-state index contributed by atoms with van der Waals surface area (Å²) >= 11 is 0. The quantitative estimate of drug-likeness (QED) is 0.593. The largest absolute Gasteiger partial charge is 0.494 e. The van der Waals surface area contributed by atoms with E-state index in [0.29, 0.717) is 36.3 Å². The van der Waals surface area contributed by atoms with Gasteiger partial charge in [-0.1, -0.05) is 18.2 Å². The molecule has 0 bridgehead atoms. The number of carbonyl (C=O) groups excluding carboxylic acids is 1. The first-order chi connectivity index (χ1) is 14.2. The van der Waals surface area contributed by atoms with Gasteiger partial charge in [0.05, 0.1) is 18.9 Å². The molecule has 1 N–H and O–H groups in total. The number of benzene rings is 2. The lowest BCUT2D eigenvalue weighted by atomic mass is 10.1. The van der Waals surface area contributed by atoms with Gasteiger partial charge in [0.2, 0.25) is 5.88 Å². The van der Waals surface area contributed by atoms with E-state index in [4.69, 9.17) is 14.2 Å². The predicted molar refractivity (Wildman–Crippen MR) is 110 cm³/mol. The first-order valence-corrected chi connectivity index (χ1v) is 9.40. The minimum Gasteiger partial charge on any atom is -0.494 e. The molecule has 0 aliphatic heterocycles. The van der Waals surface area contributed by atoms with Crippen molar-refractivity contribution in [1.29, 1.82) is 0 Å². The lowest BCUT2D eigenvalue weighted by Gasteiger charge is -2.09. The molecule has 0 spiro atoms. The molecule has 2 aromatic carbocycles. The number of ether oxygens (including phenoxy) is 3. The van der Waals surface area contributed by atoms with E-state index in [-0.39, 0.29) is 12.5 Å². The molecule has 3 rings (SSSR count). The minimum atomic E-state index is -0.250. The zero-order valence-electron chi connectivity index (χ0n) is 16.4. The van der Waals surface area contributed by atoms with Crippen molar-refractivity contribution in [3.63, 3.8) is 0 Å². The number of anilines is 1. The van der Waals surface area contributed by atoms with Crippen molar-refractivity contribution in [2.75, 3.05) is 25.1 Å². The molecule has 0 aliphatic carbocycles. The molecule has 1 amide bonds. The van der Waals surface area contributed by atoms with Gasteiger partial charge in [0.1, 0.15) is 11.5 Å². The molecular weight excluding hydrogens is 370 g/mol. The fourth-order valence-electron chi connectivity index (χ4n) is 2.59. The number of carbonyl (C=O) groups is 1. The van der Waals surface area contributed by atoms with Crippen LogP contribution < -0.4 is 19.5 Å². The van der Waals surface area contributed by atoms with Gasteiger partial charge in [0.25, 0.3) is 5.91 Å². The Morgan fingerprint density at radius 3 is 2.24 bits per heavy atom. The number of hydrogen-bond acceptors (Lipinski definition) is 6. The van der Waals surface area contributed by atoms with Crippen LogP contribution in [0, 0.1) is 0 Å². The van der Waals surface area contributed by atoms with Crippen LogP contribution >= 0.6 is 0 Å². The molecule has 0 saturated heterocycles. The normalized spacial score (nSPS) is 10.3. The number of hydrogen-bond donors (Lipinski definition) is 1. The Labute approximate surface area is 169 Å². The summed E-state index contributed by atoms with van der Waals surface area (Å²) in [4.78, 5) is 12.1. The number of rotatable bonds is 9. The fraction of sp³-hybridized carbons (Fsp3) is 0.227. The van der Waals surface area contributed by atoms with E-state index in [1.807, 2.05) is 44.2 Å². The molecule has 0 saturated carbocycles. The number of nitrogens with one attached hydrogen (secondary N) is 1. The highest BCUT2D eigenvalue weighted by Crippen LogP contribution is 2.21. The second-order valence-electron chi connectivity index (χ2n) is 6.01. The van der Waals surface area contributed by atoms with Crippen LogP contribution in [0.5, 0.6) is 17.4 Å². The Kier molecular flexibility index (Phi) is 7.00. The van der Waals surface area contributed by atoms with Gasteiger partial charge in [0.15, 0.2) is 6.61 Å². The van der Waals surface area contributed by atoms with E-state index in [1.165, 1.54) is 0 Å². The van der Waals surface area contributed by atoms with Crippen molar-refractivity contribution in [3.8, 4) is 28.6 Å². The molecule has 0 atom stereocenters. The zero-order valence-corrected chi connectivity index (χ0v) is 16.4. The minimum absolute atomic E-state index is 0.0955. The molecule has 29 heavy (non-hydrogen) atoms. The van der Waals surface area contributed by atoms with Crippen LogP contribution in [0.3, 0.4) is 0 Å². The first-order valence-electron chi connectivity index (χ1n) is 9.40. The van der Waals surface area contributed by atoms with E-state index in [9.17, 15) is 4.79 Å². The van der Waals surface area contributed by atoms with E-state index < -0.39 is 0 Å². The van der Waals surface area contributed by atoms with Gasteiger partial charge in [-0.3, -0.25) is 4.79 Å². The molecule has 1 aromatic heterocycles. The topological polar surface area (TPSA) is 82.6 Å². The molecule has 7 heteroatoms. The van der Waals surface area contributed by atoms with Crippen LogP contribution in [-0.2, 0) is 4.79 Å². The SMILES string of the molecule is CCOc1cccc(OCC(=O)Nc2ccc(-c3ccc(OCC)nn3)cc2)c1. The van der Waals surface area contributed by atoms with Crippen LogP contribution in [0.4, 0.5) is 5.69 Å². The molecule has 0 unspecified atom stereocenters. The smallest absolute Gasteiger partial charge is 0.262 e. The molecule has 0 aliphatic rings. The van der Waals surface area contributed by atoms with E-state index >= 15 is 0 Å². The first kappa shape index (κ1) is 20.1. The molecule has 150 valence electrons. The van der Waals surface area contributed by atoms with Crippen molar-refractivity contribution in [2.24, 2.45) is 0 Å². The fourth-order valence-corrected chi connectivity index (χ4v) is 2.59. The highest BCUT2D eigenvalue weighted by molar-refractivity contribution is 5.92. The molecule has 1 heterocycles. The molecular formula is C22H23N3O4. The Balaban J connectivity index is 1.53. The van der Waals surface area contributed by atoms with Crippen molar-refractivity contribution in [3.05, 3.63) is 60.7 Å². The number of aromatic nitrogens is 2. The Morgan fingerprint density at radius 1 is 0.862 bits per heavy atom. The summed E-state index contributed by atoms with van der Waals surface area (Å²) in [6.07, 6.45) is 0. The van der Waals surface area contributed by atoms with Crippen LogP contribution in [0.25, 0.3) is 11.3 Å². The number of amides is 1. The lowest BCUT2D eigenvalue weighted by Crippen LogP contribution is -2.20. The monoisotopic (exact) mass is 393 g/mol. The van der Waals surface area contributed by atoms with Crippen LogP contribution in [0.2, 0.25) is 0 Å². The summed E-state index contributed by atoms with van der Waals surface area (Å²) in [6.45, 7) is 4.83. The Bertz CT molecular complexity index is 928. The summed E-state index contributed by atoms with van der Waals surface area (Å²) in [7, 11) is 0. The standard InChI is InChI=1S/C22H23N3O4/c1-3-27-18-6-5-7-19(14-18)29-15-21(26)23-17-10-8-16(9-11-17)20-12-13-22(25-24-20)28-4-2/h5-14H,3-4,15H2,1-2H3,(H,23,26). The van der Waals surface area contributed by atoms with Gasteiger partial charge in [-0.2, -0.15) is 0 Å². The summed E-state index contributed by atoms with van der Waals surface area (Å²) in [5, 5.41) is 11.0. The summed E-state index contributed by atoms with van der Waals surface area (Å²) in [5.74, 6) is 1.53. The second-order valence-corrected chi connectivity index (χ2v) is 6.01. The van der Waals surface area contributed by atoms with Crippen LogP contribution in [-0.4, -0.2) is 35.9 Å². The molecule has 0 radical (unpaired) electrons. The highest BCUT2D eigenvalue weighted by atomic mass is 16.5. The third kappa shape index (κ3) is 5.93. The third-order valence-corrected chi connectivity index (χ3v) is 3.88. The van der Waals surface area contributed by atoms with Crippen LogP contribution in [0.15, 0.2) is 60.7 Å². The molecule has 3 aromatic rings. The van der Waals surface area contributed by atoms with Gasteiger partial charge < -0.3 is 19.5 Å². The average molecular weight is 393 g/mol. The lowest BCUT2D eigenvalue weighted by molar-refractivity contribution is -0.118. The summed E-state index contributed by atoms with van der Waals surface area (Å²) in [5.41, 5.74) is 2.29. The Morgan fingerprint density at radius 2 is 1.59 bits per heavy atom. The van der Waals surface area contributed by atoms with E-state index in [2.05, 4.69) is 15.5 Å². The van der Waals surface area contributed by atoms with Gasteiger partial charge in [-0.15, -0.1) is 10.2 Å².